The summed E-state index contributed by atoms with van der Waals surface area (Å²) in [5.41, 5.74) is 2.00. The SMILES string of the molecule is CC(=O)N1N=C2c3cc(Cl)ccc3SC[C@H]2[C@@H]1Sc1ccc(Cl)cc1. The number of nitrogens with zero attached hydrogens (tertiary/aromatic N) is 2. The number of carbonyl (C=O) groups is 1. The Bertz CT molecular complexity index is 870. The summed E-state index contributed by atoms with van der Waals surface area (Å²) in [6.07, 6.45) is 0. The molecule has 7 heteroatoms. The van der Waals surface area contributed by atoms with Gasteiger partial charge in [-0.3, -0.25) is 4.79 Å². The van der Waals surface area contributed by atoms with E-state index in [1.807, 2.05) is 42.5 Å². The van der Waals surface area contributed by atoms with Crippen LogP contribution < -0.4 is 0 Å². The van der Waals surface area contributed by atoms with E-state index in [0.29, 0.717) is 10.0 Å². The predicted octanol–water partition coefficient (Wildman–Crippen LogP) is 5.40. The molecule has 4 rings (SSSR count). The Kier molecular flexibility index (Phi) is 4.75. The number of hydrogen-bond donors (Lipinski definition) is 0. The zero-order valence-electron chi connectivity index (χ0n) is 13.3. The number of thioether (sulfide) groups is 2. The number of benzene rings is 2. The molecule has 128 valence electrons. The van der Waals surface area contributed by atoms with Gasteiger partial charge in [0.2, 0.25) is 5.91 Å². The van der Waals surface area contributed by atoms with Gasteiger partial charge in [-0.15, -0.1) is 11.8 Å². The highest BCUT2D eigenvalue weighted by molar-refractivity contribution is 8.00. The van der Waals surface area contributed by atoms with Crippen LogP contribution in [-0.2, 0) is 4.79 Å². The molecule has 0 unspecified atom stereocenters. The standard InChI is InChI=1S/C18H14Cl2N2OS2/c1-10(23)22-18(25-13-5-2-11(19)3-6-13)15-9-24-16-7-4-12(20)8-14(16)17(15)21-22/h2-8,15,18H,9H2,1H3/t15-,18+/m1/s1. The summed E-state index contributed by atoms with van der Waals surface area (Å²) in [6, 6.07) is 13.5. The van der Waals surface area contributed by atoms with Crippen molar-refractivity contribution in [3.63, 3.8) is 0 Å². The van der Waals surface area contributed by atoms with Gasteiger partial charge in [0.1, 0.15) is 5.37 Å². The maximum atomic E-state index is 12.2. The second-order valence-electron chi connectivity index (χ2n) is 5.87. The molecule has 0 fully saturated rings. The number of halogens is 2. The van der Waals surface area contributed by atoms with Crippen LogP contribution in [0.4, 0.5) is 0 Å². The van der Waals surface area contributed by atoms with Crippen LogP contribution in [0.15, 0.2) is 57.4 Å². The van der Waals surface area contributed by atoms with Gasteiger partial charge in [0, 0.05) is 44.0 Å². The number of carbonyl (C=O) groups excluding carboxylic acids is 1. The van der Waals surface area contributed by atoms with Crippen molar-refractivity contribution in [1.29, 1.82) is 0 Å². The Morgan fingerprint density at radius 3 is 2.64 bits per heavy atom. The molecule has 2 aromatic carbocycles. The Hall–Kier alpha value is -1.14. The van der Waals surface area contributed by atoms with Crippen LogP contribution in [0.1, 0.15) is 12.5 Å². The first kappa shape index (κ1) is 17.3. The van der Waals surface area contributed by atoms with Gasteiger partial charge < -0.3 is 0 Å². The molecule has 0 aromatic heterocycles. The van der Waals surface area contributed by atoms with Gasteiger partial charge in [-0.25, -0.2) is 5.01 Å². The molecule has 2 atom stereocenters. The van der Waals surface area contributed by atoms with Crippen molar-refractivity contribution < 1.29 is 4.79 Å². The maximum absolute atomic E-state index is 12.2. The minimum Gasteiger partial charge on any atom is -0.273 e. The lowest BCUT2D eigenvalue weighted by Gasteiger charge is -2.28. The molecule has 2 aromatic rings. The summed E-state index contributed by atoms with van der Waals surface area (Å²) < 4.78 is 0. The van der Waals surface area contributed by atoms with Crippen LogP contribution in [-0.4, -0.2) is 27.8 Å². The Morgan fingerprint density at radius 2 is 1.92 bits per heavy atom. The van der Waals surface area contributed by atoms with Crippen LogP contribution in [0.5, 0.6) is 0 Å². The fraction of sp³-hybridized carbons (Fsp3) is 0.222. The highest BCUT2D eigenvalue weighted by atomic mass is 35.5. The molecule has 3 nitrogen and oxygen atoms in total. The topological polar surface area (TPSA) is 32.7 Å². The molecule has 25 heavy (non-hydrogen) atoms. The van der Waals surface area contributed by atoms with Gasteiger partial charge in [-0.1, -0.05) is 35.0 Å². The lowest BCUT2D eigenvalue weighted by Crippen LogP contribution is -2.35. The van der Waals surface area contributed by atoms with E-state index in [1.165, 1.54) is 4.90 Å². The first-order chi connectivity index (χ1) is 12.0. The normalized spacial score (nSPS) is 21.6. The molecule has 0 N–H and O–H groups in total. The van der Waals surface area contributed by atoms with Crippen molar-refractivity contribution in [3.8, 4) is 0 Å². The first-order valence-electron chi connectivity index (χ1n) is 7.76. The number of fused-ring (bicyclic) bond motifs is 3. The maximum Gasteiger partial charge on any atom is 0.240 e. The summed E-state index contributed by atoms with van der Waals surface area (Å²) in [7, 11) is 0. The zero-order valence-corrected chi connectivity index (χ0v) is 16.4. The third kappa shape index (κ3) is 3.31. The second kappa shape index (κ2) is 6.88. The largest absolute Gasteiger partial charge is 0.273 e. The van der Waals surface area contributed by atoms with Crippen LogP contribution >= 0.6 is 46.7 Å². The van der Waals surface area contributed by atoms with Gasteiger partial charge >= 0.3 is 0 Å². The monoisotopic (exact) mass is 408 g/mol. The fourth-order valence-electron chi connectivity index (χ4n) is 3.01. The molecular weight excluding hydrogens is 395 g/mol. The molecule has 1 amide bonds. The van der Waals surface area contributed by atoms with E-state index < -0.39 is 0 Å². The molecule has 0 spiro atoms. The predicted molar refractivity (Wildman–Crippen MR) is 106 cm³/mol. The van der Waals surface area contributed by atoms with Crippen molar-refractivity contribution in [3.05, 3.63) is 58.1 Å². The summed E-state index contributed by atoms with van der Waals surface area (Å²) in [4.78, 5) is 14.4. The summed E-state index contributed by atoms with van der Waals surface area (Å²) >= 11 is 15.6. The molecule has 2 heterocycles. The number of hydrazone groups is 1. The Balaban J connectivity index is 1.70. The minimum absolute atomic E-state index is 0.0538. The molecular formula is C18H14Cl2N2OS2. The summed E-state index contributed by atoms with van der Waals surface area (Å²) in [5, 5.41) is 7.60. The minimum atomic E-state index is -0.0618. The van der Waals surface area contributed by atoms with E-state index in [4.69, 9.17) is 23.2 Å². The summed E-state index contributed by atoms with van der Waals surface area (Å²) in [6.45, 7) is 1.56. The van der Waals surface area contributed by atoms with Crippen LogP contribution in [0.3, 0.4) is 0 Å². The average Bonchev–Trinajstić information content (AvgIpc) is 2.96. The van der Waals surface area contributed by atoms with Crippen LogP contribution in [0, 0.1) is 5.92 Å². The van der Waals surface area contributed by atoms with E-state index in [1.54, 1.807) is 35.5 Å². The van der Waals surface area contributed by atoms with E-state index in [9.17, 15) is 4.79 Å². The van der Waals surface area contributed by atoms with Crippen molar-refractivity contribution in [2.75, 3.05) is 5.75 Å². The molecule has 0 saturated carbocycles. The van der Waals surface area contributed by atoms with Crippen LogP contribution in [0.25, 0.3) is 0 Å². The number of amides is 1. The van der Waals surface area contributed by atoms with E-state index >= 15 is 0 Å². The van der Waals surface area contributed by atoms with Gasteiger partial charge in [0.15, 0.2) is 0 Å². The van der Waals surface area contributed by atoms with Crippen LogP contribution in [0.2, 0.25) is 10.0 Å². The van der Waals surface area contributed by atoms with E-state index in [0.717, 1.165) is 21.9 Å². The highest BCUT2D eigenvalue weighted by Gasteiger charge is 2.43. The van der Waals surface area contributed by atoms with Gasteiger partial charge in [-0.2, -0.15) is 5.10 Å². The number of rotatable bonds is 2. The Labute approximate surface area is 164 Å². The second-order valence-corrected chi connectivity index (χ2v) is 8.99. The van der Waals surface area contributed by atoms with Crippen molar-refractivity contribution in [1.82, 2.24) is 5.01 Å². The molecule has 0 bridgehead atoms. The molecule has 2 aliphatic rings. The lowest BCUT2D eigenvalue weighted by atomic mass is 9.98. The third-order valence-corrected chi connectivity index (χ3v) is 7.17. The lowest BCUT2D eigenvalue weighted by molar-refractivity contribution is -0.129. The number of hydrogen-bond acceptors (Lipinski definition) is 4. The van der Waals surface area contributed by atoms with Gasteiger partial charge in [0.05, 0.1) is 5.71 Å². The smallest absolute Gasteiger partial charge is 0.240 e. The zero-order chi connectivity index (χ0) is 17.6. The Morgan fingerprint density at radius 1 is 1.20 bits per heavy atom. The molecule has 2 aliphatic heterocycles. The molecule has 0 aliphatic carbocycles. The van der Waals surface area contributed by atoms with E-state index in [2.05, 4.69) is 5.10 Å². The first-order valence-corrected chi connectivity index (χ1v) is 10.4. The average molecular weight is 409 g/mol. The quantitative estimate of drug-likeness (QED) is 0.666. The summed E-state index contributed by atoms with van der Waals surface area (Å²) in [5.74, 6) is 1.00. The fourth-order valence-corrected chi connectivity index (χ4v) is 5.87. The van der Waals surface area contributed by atoms with Crippen molar-refractivity contribution in [2.45, 2.75) is 22.1 Å². The molecule has 0 radical (unpaired) electrons. The third-order valence-electron chi connectivity index (χ3n) is 4.18. The van der Waals surface area contributed by atoms with Gasteiger partial charge in [-0.05, 0) is 42.5 Å². The van der Waals surface area contributed by atoms with Crippen molar-refractivity contribution in [2.24, 2.45) is 11.0 Å². The van der Waals surface area contributed by atoms with E-state index in [-0.39, 0.29) is 17.2 Å². The van der Waals surface area contributed by atoms with Gasteiger partial charge in [0.25, 0.3) is 0 Å². The molecule has 0 saturated heterocycles. The highest BCUT2D eigenvalue weighted by Crippen LogP contribution is 2.45. The van der Waals surface area contributed by atoms with Crippen molar-refractivity contribution >= 4 is 58.3 Å².